The Morgan fingerprint density at radius 1 is 1.00 bits per heavy atom. The van der Waals surface area contributed by atoms with Crippen LogP contribution in [0.25, 0.3) is 22.8 Å². The second-order valence-corrected chi connectivity index (χ2v) is 3.75. The average Bonchev–Trinajstić information content (AvgIpc) is 3.11. The van der Waals surface area contributed by atoms with Crippen LogP contribution in [0.3, 0.4) is 0 Å². The van der Waals surface area contributed by atoms with Gasteiger partial charge in [0.1, 0.15) is 11.6 Å². The maximum absolute atomic E-state index is 9.12. The molecule has 5 nitrogen and oxygen atoms in total. The number of nitrogens with one attached hydrogen (secondary N) is 2. The molecule has 0 aliphatic carbocycles. The van der Waals surface area contributed by atoms with Gasteiger partial charge in [-0.15, -0.1) is 0 Å². The van der Waals surface area contributed by atoms with Crippen molar-refractivity contribution in [2.24, 2.45) is 0 Å². The van der Waals surface area contributed by atoms with E-state index in [1.54, 1.807) is 30.9 Å². The molecule has 0 aliphatic rings. The molecule has 18 heavy (non-hydrogen) atoms. The van der Waals surface area contributed by atoms with E-state index in [-0.39, 0.29) is 0 Å². The van der Waals surface area contributed by atoms with Crippen molar-refractivity contribution in [3.63, 3.8) is 0 Å². The summed E-state index contributed by atoms with van der Waals surface area (Å²) in [5, 5.41) is 9.12. The summed E-state index contributed by atoms with van der Waals surface area (Å²) in [6.45, 7) is 0. The summed E-state index contributed by atoms with van der Waals surface area (Å²) in [6.07, 6.45) is 6.85. The predicted octanol–water partition coefficient (Wildman–Crippen LogP) is 2.34. The third-order valence-corrected chi connectivity index (χ3v) is 2.67. The second-order valence-electron chi connectivity index (χ2n) is 3.75. The van der Waals surface area contributed by atoms with Gasteiger partial charge in [0.15, 0.2) is 0 Å². The molecule has 2 N–H and O–H groups in total. The maximum Gasteiger partial charge on any atom is 0.138 e. The van der Waals surface area contributed by atoms with Crippen LogP contribution in [0.1, 0.15) is 5.56 Å². The zero-order chi connectivity index (χ0) is 12.4. The summed E-state index contributed by atoms with van der Waals surface area (Å²) >= 11 is 0. The van der Waals surface area contributed by atoms with E-state index in [4.69, 9.17) is 5.26 Å². The molecule has 0 amide bonds. The Labute approximate surface area is 103 Å². The quantitative estimate of drug-likeness (QED) is 0.715. The molecule has 2 heterocycles. The monoisotopic (exact) mass is 235 g/mol. The Morgan fingerprint density at radius 2 is 1.72 bits per heavy atom. The molecule has 0 bridgehead atoms. The maximum atomic E-state index is 9.12. The van der Waals surface area contributed by atoms with E-state index in [1.165, 1.54) is 0 Å². The molecule has 0 atom stereocenters. The highest BCUT2D eigenvalue weighted by atomic mass is 14.9. The van der Waals surface area contributed by atoms with Crippen LogP contribution in [-0.4, -0.2) is 19.9 Å². The first-order valence-electron chi connectivity index (χ1n) is 5.42. The first-order valence-corrected chi connectivity index (χ1v) is 5.42. The van der Waals surface area contributed by atoms with E-state index in [0.29, 0.717) is 11.4 Å². The lowest BCUT2D eigenvalue weighted by Gasteiger charge is -2.03. The highest BCUT2D eigenvalue weighted by Gasteiger charge is 2.10. The third-order valence-electron chi connectivity index (χ3n) is 2.67. The van der Waals surface area contributed by atoms with Gasteiger partial charge in [-0.1, -0.05) is 0 Å². The Balaban J connectivity index is 2.17. The number of hydrogen-bond donors (Lipinski definition) is 2. The first-order chi connectivity index (χ1) is 8.88. The molecule has 0 saturated carbocycles. The van der Waals surface area contributed by atoms with Crippen molar-refractivity contribution in [2.45, 2.75) is 0 Å². The third kappa shape index (κ3) is 1.66. The highest BCUT2D eigenvalue weighted by molar-refractivity contribution is 5.71. The minimum Gasteiger partial charge on any atom is -0.345 e. The van der Waals surface area contributed by atoms with Crippen LogP contribution in [0, 0.1) is 11.3 Å². The Kier molecular flexibility index (Phi) is 2.39. The van der Waals surface area contributed by atoms with Crippen LogP contribution >= 0.6 is 0 Å². The summed E-state index contributed by atoms with van der Waals surface area (Å²) in [5.41, 5.74) is 2.28. The number of aromatic amines is 2. The fourth-order valence-corrected chi connectivity index (χ4v) is 1.82. The highest BCUT2D eigenvalue weighted by Crippen LogP contribution is 2.25. The number of H-pyrrole nitrogens is 2. The zero-order valence-electron chi connectivity index (χ0n) is 9.38. The van der Waals surface area contributed by atoms with E-state index in [1.807, 2.05) is 12.1 Å². The number of nitriles is 1. The molecule has 0 spiro atoms. The standard InChI is InChI=1S/C13H9N5/c14-8-10-2-1-9(12-15-3-4-16-12)7-11(10)13-17-5-6-18-13/h1-7H,(H,15,16)(H,17,18). The van der Waals surface area contributed by atoms with Crippen molar-refractivity contribution in [1.82, 2.24) is 19.9 Å². The summed E-state index contributed by atoms with van der Waals surface area (Å²) in [5.74, 6) is 1.45. The van der Waals surface area contributed by atoms with Crippen molar-refractivity contribution in [3.05, 3.63) is 48.5 Å². The topological polar surface area (TPSA) is 81.2 Å². The lowest BCUT2D eigenvalue weighted by molar-refractivity contribution is 1.28. The Morgan fingerprint density at radius 3 is 2.33 bits per heavy atom. The fraction of sp³-hybridized carbons (Fsp3) is 0. The second kappa shape index (κ2) is 4.18. The number of hydrogen-bond acceptors (Lipinski definition) is 3. The Hall–Kier alpha value is -2.87. The van der Waals surface area contributed by atoms with Gasteiger partial charge in [-0.3, -0.25) is 0 Å². The molecule has 5 heteroatoms. The summed E-state index contributed by atoms with van der Waals surface area (Å²) in [6, 6.07) is 7.70. The van der Waals surface area contributed by atoms with Gasteiger partial charge in [0.25, 0.3) is 0 Å². The van der Waals surface area contributed by atoms with Crippen LogP contribution in [0.2, 0.25) is 0 Å². The number of imidazole rings is 2. The van der Waals surface area contributed by atoms with Crippen molar-refractivity contribution in [2.75, 3.05) is 0 Å². The van der Waals surface area contributed by atoms with Crippen molar-refractivity contribution >= 4 is 0 Å². The molecular weight excluding hydrogens is 226 g/mol. The summed E-state index contributed by atoms with van der Waals surface area (Å²) in [7, 11) is 0. The van der Waals surface area contributed by atoms with E-state index in [2.05, 4.69) is 26.0 Å². The number of nitrogens with zero attached hydrogens (tertiary/aromatic N) is 3. The van der Waals surface area contributed by atoms with Gasteiger partial charge < -0.3 is 9.97 Å². The molecule has 0 fully saturated rings. The molecule has 1 aromatic carbocycles. The molecule has 2 aromatic heterocycles. The van der Waals surface area contributed by atoms with Crippen LogP contribution in [0.4, 0.5) is 0 Å². The van der Waals surface area contributed by atoms with E-state index in [0.717, 1.165) is 17.0 Å². The number of rotatable bonds is 2. The van der Waals surface area contributed by atoms with Gasteiger partial charge in [0.2, 0.25) is 0 Å². The van der Waals surface area contributed by atoms with E-state index < -0.39 is 0 Å². The lowest BCUT2D eigenvalue weighted by atomic mass is 10.0. The lowest BCUT2D eigenvalue weighted by Crippen LogP contribution is -1.89. The molecule has 0 aliphatic heterocycles. The van der Waals surface area contributed by atoms with Crippen molar-refractivity contribution < 1.29 is 0 Å². The zero-order valence-corrected chi connectivity index (χ0v) is 9.38. The SMILES string of the molecule is N#Cc1ccc(-c2ncc[nH]2)cc1-c1ncc[nH]1. The largest absolute Gasteiger partial charge is 0.345 e. The fourth-order valence-electron chi connectivity index (χ4n) is 1.82. The van der Waals surface area contributed by atoms with Gasteiger partial charge >= 0.3 is 0 Å². The van der Waals surface area contributed by atoms with E-state index >= 15 is 0 Å². The van der Waals surface area contributed by atoms with E-state index in [9.17, 15) is 0 Å². The van der Waals surface area contributed by atoms with Crippen LogP contribution in [0.15, 0.2) is 43.0 Å². The van der Waals surface area contributed by atoms with Gasteiger partial charge in [0.05, 0.1) is 11.6 Å². The van der Waals surface area contributed by atoms with Gasteiger partial charge in [-0.2, -0.15) is 5.26 Å². The summed E-state index contributed by atoms with van der Waals surface area (Å²) in [4.78, 5) is 14.4. The number of benzene rings is 1. The minimum absolute atomic E-state index is 0.584. The normalized spacial score (nSPS) is 10.2. The Bertz CT molecular complexity index is 690. The molecular formula is C13H9N5. The summed E-state index contributed by atoms with van der Waals surface area (Å²) < 4.78 is 0. The minimum atomic E-state index is 0.584. The van der Waals surface area contributed by atoms with Gasteiger partial charge in [0, 0.05) is 35.9 Å². The average molecular weight is 235 g/mol. The van der Waals surface area contributed by atoms with Gasteiger partial charge in [-0.05, 0) is 18.2 Å². The van der Waals surface area contributed by atoms with Crippen molar-refractivity contribution in [1.29, 1.82) is 5.26 Å². The predicted molar refractivity (Wildman–Crippen MR) is 66.3 cm³/mol. The van der Waals surface area contributed by atoms with Crippen LogP contribution < -0.4 is 0 Å². The molecule has 3 rings (SSSR count). The number of aromatic nitrogens is 4. The molecule has 0 saturated heterocycles. The van der Waals surface area contributed by atoms with Crippen LogP contribution in [0.5, 0.6) is 0 Å². The molecule has 86 valence electrons. The molecule has 3 aromatic rings. The first kappa shape index (κ1) is 10.3. The van der Waals surface area contributed by atoms with Crippen LogP contribution in [-0.2, 0) is 0 Å². The smallest absolute Gasteiger partial charge is 0.138 e. The molecule has 0 unspecified atom stereocenters. The van der Waals surface area contributed by atoms with Gasteiger partial charge in [-0.25, -0.2) is 9.97 Å². The van der Waals surface area contributed by atoms with Crippen molar-refractivity contribution in [3.8, 4) is 28.8 Å². The molecule has 0 radical (unpaired) electrons.